The summed E-state index contributed by atoms with van der Waals surface area (Å²) in [5.74, 6) is -0.928. The molecule has 42 heavy (non-hydrogen) atoms. The Morgan fingerprint density at radius 1 is 0.429 bits per heavy atom. The second kappa shape index (κ2) is 12.7. The van der Waals surface area contributed by atoms with Gasteiger partial charge in [0.25, 0.3) is 23.6 Å². The van der Waals surface area contributed by atoms with E-state index in [0.29, 0.717) is 11.1 Å². The first-order chi connectivity index (χ1) is 20.4. The van der Waals surface area contributed by atoms with E-state index in [0.717, 1.165) is 0 Å². The molecule has 5 rings (SSSR count). The first-order valence-electron chi connectivity index (χ1n) is 12.5. The molecule has 12 heteroatoms. The van der Waals surface area contributed by atoms with Gasteiger partial charge in [0.05, 0.1) is 11.1 Å². The number of rotatable bonds is 8. The first-order valence-corrected chi connectivity index (χ1v) is 12.5. The first kappa shape index (κ1) is 27.3. The molecule has 4 aromatic heterocycles. The average molecular weight is 559 g/mol. The molecule has 0 saturated heterocycles. The molecule has 0 aliphatic heterocycles. The van der Waals surface area contributed by atoms with Crippen LogP contribution in [-0.2, 0) is 0 Å². The van der Waals surface area contributed by atoms with Crippen LogP contribution in [0.15, 0.2) is 110 Å². The van der Waals surface area contributed by atoms with Gasteiger partial charge in [0.2, 0.25) is 0 Å². The Labute approximate surface area is 239 Å². The second-order valence-corrected chi connectivity index (χ2v) is 8.70. The zero-order valence-electron chi connectivity index (χ0n) is 21.8. The zero-order valence-corrected chi connectivity index (χ0v) is 21.8. The van der Waals surface area contributed by atoms with Gasteiger partial charge in [-0.1, -0.05) is 18.2 Å². The van der Waals surface area contributed by atoms with E-state index in [1.54, 1.807) is 91.3 Å². The molecule has 0 unspecified atom stereocenters. The Kier molecular flexibility index (Phi) is 8.25. The molecular formula is C30H22N8O4. The molecule has 1 aromatic carbocycles. The molecule has 0 radical (unpaired) electrons. The van der Waals surface area contributed by atoms with Gasteiger partial charge in [0.1, 0.15) is 23.3 Å². The number of hydrogen-bond acceptors (Lipinski definition) is 8. The molecule has 0 aliphatic rings. The quantitative estimate of drug-likeness (QED) is 0.219. The summed E-state index contributed by atoms with van der Waals surface area (Å²) in [6.45, 7) is 0. The van der Waals surface area contributed by atoms with Crippen LogP contribution in [0.25, 0.3) is 0 Å². The van der Waals surface area contributed by atoms with Gasteiger partial charge in [-0.25, -0.2) is 9.97 Å². The Morgan fingerprint density at radius 3 is 1.12 bits per heavy atom. The van der Waals surface area contributed by atoms with E-state index in [1.807, 2.05) is 0 Å². The summed E-state index contributed by atoms with van der Waals surface area (Å²) in [4.78, 5) is 67.0. The average Bonchev–Trinajstić information content (AvgIpc) is 3.02. The number of carbonyl (C=O) groups excluding carboxylic acids is 4. The third-order valence-electron chi connectivity index (χ3n) is 5.70. The predicted molar refractivity (Wildman–Crippen MR) is 155 cm³/mol. The van der Waals surface area contributed by atoms with E-state index in [1.165, 1.54) is 18.5 Å². The van der Waals surface area contributed by atoms with Crippen LogP contribution >= 0.6 is 0 Å². The molecular weight excluding hydrogens is 536 g/mol. The minimum atomic E-state index is -0.508. The zero-order chi connectivity index (χ0) is 29.3. The third-order valence-corrected chi connectivity index (χ3v) is 5.70. The maximum Gasteiger partial charge on any atom is 0.258 e. The normalized spacial score (nSPS) is 10.3. The van der Waals surface area contributed by atoms with E-state index in [-0.39, 0.29) is 34.4 Å². The van der Waals surface area contributed by atoms with Crippen molar-refractivity contribution in [3.8, 4) is 0 Å². The van der Waals surface area contributed by atoms with Crippen LogP contribution < -0.4 is 21.3 Å². The lowest BCUT2D eigenvalue weighted by molar-refractivity contribution is 0.101. The molecule has 4 heterocycles. The number of nitrogens with zero attached hydrogens (tertiary/aromatic N) is 4. The van der Waals surface area contributed by atoms with Crippen LogP contribution in [-0.4, -0.2) is 43.6 Å². The van der Waals surface area contributed by atoms with Gasteiger partial charge in [0.15, 0.2) is 0 Å². The van der Waals surface area contributed by atoms with Crippen molar-refractivity contribution in [2.45, 2.75) is 0 Å². The molecule has 0 saturated carbocycles. The number of anilines is 4. The van der Waals surface area contributed by atoms with Crippen molar-refractivity contribution in [2.75, 3.05) is 21.3 Å². The fourth-order valence-corrected chi connectivity index (χ4v) is 3.70. The highest BCUT2D eigenvalue weighted by Gasteiger charge is 2.14. The maximum absolute atomic E-state index is 12.9. The molecule has 4 N–H and O–H groups in total. The molecule has 0 aliphatic carbocycles. The summed E-state index contributed by atoms with van der Waals surface area (Å²) in [6, 6.07) is 22.2. The number of benzene rings is 1. The molecule has 206 valence electrons. The summed E-state index contributed by atoms with van der Waals surface area (Å²) < 4.78 is 0. The minimum absolute atomic E-state index is 0.202. The van der Waals surface area contributed by atoms with Crippen molar-refractivity contribution >= 4 is 46.9 Å². The molecule has 0 atom stereocenters. The van der Waals surface area contributed by atoms with Crippen LogP contribution in [0.3, 0.4) is 0 Å². The Hall–Kier alpha value is -6.30. The van der Waals surface area contributed by atoms with Gasteiger partial charge in [-0.2, -0.15) is 0 Å². The summed E-state index contributed by atoms with van der Waals surface area (Å²) in [5, 5.41) is 10.6. The van der Waals surface area contributed by atoms with Gasteiger partial charge >= 0.3 is 0 Å². The number of pyridine rings is 4. The fourth-order valence-electron chi connectivity index (χ4n) is 3.70. The SMILES string of the molecule is O=C(Nc1cccc(NC(=O)c2cccc(C(=O)Nc3cccc(NC(=O)c4cccnc4)n3)c2)n1)c1cccnc1. The van der Waals surface area contributed by atoms with Crippen molar-refractivity contribution in [3.05, 3.63) is 132 Å². The van der Waals surface area contributed by atoms with E-state index in [4.69, 9.17) is 0 Å². The summed E-state index contributed by atoms with van der Waals surface area (Å²) in [6.07, 6.45) is 5.98. The van der Waals surface area contributed by atoms with Crippen LogP contribution in [0.1, 0.15) is 41.4 Å². The number of aromatic nitrogens is 4. The summed E-state index contributed by atoms with van der Waals surface area (Å²) in [7, 11) is 0. The molecule has 12 nitrogen and oxygen atoms in total. The van der Waals surface area contributed by atoms with E-state index >= 15 is 0 Å². The lowest BCUT2D eigenvalue weighted by atomic mass is 10.1. The van der Waals surface area contributed by atoms with Crippen molar-refractivity contribution in [2.24, 2.45) is 0 Å². The number of carbonyl (C=O) groups is 4. The van der Waals surface area contributed by atoms with Gasteiger partial charge in [-0.15, -0.1) is 0 Å². The Morgan fingerprint density at radius 2 is 0.762 bits per heavy atom. The Balaban J connectivity index is 1.22. The van der Waals surface area contributed by atoms with Crippen molar-refractivity contribution < 1.29 is 19.2 Å². The van der Waals surface area contributed by atoms with E-state index in [9.17, 15) is 19.2 Å². The van der Waals surface area contributed by atoms with Crippen LogP contribution in [0.4, 0.5) is 23.3 Å². The highest BCUT2D eigenvalue weighted by Crippen LogP contribution is 2.15. The van der Waals surface area contributed by atoms with E-state index in [2.05, 4.69) is 41.2 Å². The third kappa shape index (κ3) is 7.01. The summed E-state index contributed by atoms with van der Waals surface area (Å²) in [5.41, 5.74) is 1.14. The van der Waals surface area contributed by atoms with Gasteiger partial charge in [-0.3, -0.25) is 29.1 Å². The predicted octanol–water partition coefficient (Wildman–Crippen LogP) is 4.28. The van der Waals surface area contributed by atoms with Gasteiger partial charge in [-0.05, 0) is 66.7 Å². The lowest BCUT2D eigenvalue weighted by Gasteiger charge is -2.10. The van der Waals surface area contributed by atoms with Crippen molar-refractivity contribution in [1.29, 1.82) is 0 Å². The highest BCUT2D eigenvalue weighted by molar-refractivity contribution is 6.09. The molecule has 5 aromatic rings. The second-order valence-electron chi connectivity index (χ2n) is 8.70. The smallest absolute Gasteiger partial charge is 0.258 e. The molecule has 0 spiro atoms. The topological polar surface area (TPSA) is 168 Å². The number of amides is 4. The van der Waals surface area contributed by atoms with Gasteiger partial charge in [0, 0.05) is 35.9 Å². The standard InChI is InChI=1S/C30H22N8O4/c39-27(35-23-10-2-12-25(33-23)37-29(41)21-8-4-14-31-17-21)19-6-1-7-20(16-19)28(40)36-24-11-3-13-26(34-24)38-30(42)22-9-5-15-32-18-22/h1-18H,(H2,33,35,37,39,41)(H2,34,36,38,40,42). The minimum Gasteiger partial charge on any atom is -0.306 e. The number of hydrogen-bond donors (Lipinski definition) is 4. The van der Waals surface area contributed by atoms with Crippen molar-refractivity contribution in [1.82, 2.24) is 19.9 Å². The van der Waals surface area contributed by atoms with Gasteiger partial charge < -0.3 is 21.3 Å². The molecule has 4 amide bonds. The monoisotopic (exact) mass is 558 g/mol. The lowest BCUT2D eigenvalue weighted by Crippen LogP contribution is -2.18. The van der Waals surface area contributed by atoms with Crippen molar-refractivity contribution in [3.63, 3.8) is 0 Å². The summed E-state index contributed by atoms with van der Waals surface area (Å²) >= 11 is 0. The molecule has 0 bridgehead atoms. The van der Waals surface area contributed by atoms with Crippen LogP contribution in [0.2, 0.25) is 0 Å². The largest absolute Gasteiger partial charge is 0.306 e. The van der Waals surface area contributed by atoms with Crippen LogP contribution in [0, 0.1) is 0 Å². The fraction of sp³-hybridized carbons (Fsp3) is 0. The molecule has 0 fully saturated rings. The maximum atomic E-state index is 12.9. The van der Waals surface area contributed by atoms with Crippen LogP contribution in [0.5, 0.6) is 0 Å². The highest BCUT2D eigenvalue weighted by atomic mass is 16.2. The Bertz CT molecular complexity index is 1640. The van der Waals surface area contributed by atoms with E-state index < -0.39 is 23.6 Å². The number of nitrogens with one attached hydrogen (secondary N) is 4.